The van der Waals surface area contributed by atoms with Gasteiger partial charge in [0.05, 0.1) is 0 Å². The number of benzene rings is 1. The first-order valence-corrected chi connectivity index (χ1v) is 5.81. The number of rotatable bonds is 8. The fourth-order valence-electron chi connectivity index (χ4n) is 1.67. The second-order valence-corrected chi connectivity index (χ2v) is 3.82. The molecular weight excluding hydrogens is 200 g/mol. The maximum Gasteiger partial charge on any atom is 0.207 e. The zero-order chi connectivity index (χ0) is 11.6. The van der Waals surface area contributed by atoms with Gasteiger partial charge in [-0.05, 0) is 18.4 Å². The highest BCUT2D eigenvalue weighted by atomic mass is 16.1. The first-order chi connectivity index (χ1) is 7.86. The summed E-state index contributed by atoms with van der Waals surface area (Å²) >= 11 is 0. The summed E-state index contributed by atoms with van der Waals surface area (Å²) in [5.74, 6) is 0. The van der Waals surface area contributed by atoms with Crippen LogP contribution < -0.4 is 10.6 Å². The average Bonchev–Trinajstić information content (AvgIpc) is 2.34. The highest BCUT2D eigenvalue weighted by molar-refractivity contribution is 5.45. The molecule has 0 radical (unpaired) electrons. The van der Waals surface area contributed by atoms with Gasteiger partial charge in [0.1, 0.15) is 0 Å². The highest BCUT2D eigenvalue weighted by Gasteiger charge is 2.05. The lowest BCUT2D eigenvalue weighted by atomic mass is 10.0. The summed E-state index contributed by atoms with van der Waals surface area (Å²) in [6.45, 7) is 3.69. The molecule has 1 rings (SSSR count). The van der Waals surface area contributed by atoms with Gasteiger partial charge in [-0.1, -0.05) is 37.3 Å². The zero-order valence-corrected chi connectivity index (χ0v) is 9.78. The van der Waals surface area contributed by atoms with Crippen LogP contribution in [0.15, 0.2) is 30.3 Å². The van der Waals surface area contributed by atoms with E-state index in [4.69, 9.17) is 0 Å². The van der Waals surface area contributed by atoms with Crippen LogP contribution in [-0.4, -0.2) is 25.5 Å². The van der Waals surface area contributed by atoms with Crippen LogP contribution in [-0.2, 0) is 11.2 Å². The van der Waals surface area contributed by atoms with Crippen LogP contribution in [0.3, 0.4) is 0 Å². The third-order valence-corrected chi connectivity index (χ3v) is 2.60. The average molecular weight is 220 g/mol. The fraction of sp³-hybridized carbons (Fsp3) is 0.462. The minimum atomic E-state index is 0.482. The molecule has 0 bridgehead atoms. The molecule has 3 nitrogen and oxygen atoms in total. The second-order valence-electron chi connectivity index (χ2n) is 3.82. The maximum atomic E-state index is 10.1. The number of carbonyl (C=O) groups excluding carboxylic acids is 1. The third kappa shape index (κ3) is 4.94. The molecule has 1 unspecified atom stereocenters. The minimum absolute atomic E-state index is 0.482. The second kappa shape index (κ2) is 7.88. The van der Waals surface area contributed by atoms with Crippen molar-refractivity contribution in [3.63, 3.8) is 0 Å². The Morgan fingerprint density at radius 3 is 2.62 bits per heavy atom. The summed E-state index contributed by atoms with van der Waals surface area (Å²) < 4.78 is 0. The van der Waals surface area contributed by atoms with Gasteiger partial charge >= 0.3 is 0 Å². The predicted molar refractivity (Wildman–Crippen MR) is 66.3 cm³/mol. The van der Waals surface area contributed by atoms with Crippen molar-refractivity contribution in [3.8, 4) is 0 Å². The quantitative estimate of drug-likeness (QED) is 0.513. The van der Waals surface area contributed by atoms with Crippen molar-refractivity contribution in [2.75, 3.05) is 13.1 Å². The van der Waals surface area contributed by atoms with Gasteiger partial charge in [0.25, 0.3) is 0 Å². The van der Waals surface area contributed by atoms with Gasteiger partial charge in [-0.2, -0.15) is 0 Å². The van der Waals surface area contributed by atoms with E-state index < -0.39 is 0 Å². The molecule has 88 valence electrons. The molecule has 0 aliphatic rings. The largest absolute Gasteiger partial charge is 0.357 e. The lowest BCUT2D eigenvalue weighted by Crippen LogP contribution is -2.35. The van der Waals surface area contributed by atoms with E-state index in [1.807, 2.05) is 6.07 Å². The predicted octanol–water partition coefficient (Wildman–Crippen LogP) is 1.34. The number of hydrogen-bond acceptors (Lipinski definition) is 2. The molecule has 0 aliphatic heterocycles. The van der Waals surface area contributed by atoms with E-state index in [1.165, 1.54) is 5.56 Å². The van der Waals surface area contributed by atoms with Crippen LogP contribution >= 0.6 is 0 Å². The Bertz CT molecular complexity index is 287. The van der Waals surface area contributed by atoms with Gasteiger partial charge in [-0.3, -0.25) is 4.79 Å². The van der Waals surface area contributed by atoms with Crippen LogP contribution in [0.1, 0.15) is 18.9 Å². The number of hydrogen-bond donors (Lipinski definition) is 2. The van der Waals surface area contributed by atoms with E-state index in [9.17, 15) is 4.79 Å². The molecule has 2 N–H and O–H groups in total. The Morgan fingerprint density at radius 2 is 2.00 bits per heavy atom. The smallest absolute Gasteiger partial charge is 0.207 e. The number of carbonyl (C=O) groups is 1. The molecule has 3 heteroatoms. The van der Waals surface area contributed by atoms with E-state index in [0.29, 0.717) is 12.6 Å². The van der Waals surface area contributed by atoms with Crippen molar-refractivity contribution < 1.29 is 4.79 Å². The van der Waals surface area contributed by atoms with Crippen molar-refractivity contribution in [1.29, 1.82) is 0 Å². The fourth-order valence-corrected chi connectivity index (χ4v) is 1.67. The molecule has 1 amide bonds. The summed E-state index contributed by atoms with van der Waals surface area (Å²) in [6.07, 6.45) is 2.87. The lowest BCUT2D eigenvalue weighted by Gasteiger charge is -2.16. The molecular formula is C13H20N2O. The number of amides is 1. The Labute approximate surface area is 97.2 Å². The SMILES string of the molecule is CCC(Cc1ccccc1)NCCNC=O. The molecule has 0 heterocycles. The first-order valence-electron chi connectivity index (χ1n) is 5.81. The summed E-state index contributed by atoms with van der Waals surface area (Å²) in [5, 5.41) is 6.08. The summed E-state index contributed by atoms with van der Waals surface area (Å²) in [6, 6.07) is 10.9. The van der Waals surface area contributed by atoms with Crippen molar-refractivity contribution in [2.45, 2.75) is 25.8 Å². The van der Waals surface area contributed by atoms with Crippen molar-refractivity contribution in [2.24, 2.45) is 0 Å². The van der Waals surface area contributed by atoms with Gasteiger partial charge in [-0.15, -0.1) is 0 Å². The van der Waals surface area contributed by atoms with E-state index in [0.717, 1.165) is 25.8 Å². The summed E-state index contributed by atoms with van der Waals surface area (Å²) in [4.78, 5) is 10.1. The van der Waals surface area contributed by atoms with E-state index in [1.54, 1.807) is 0 Å². The van der Waals surface area contributed by atoms with Crippen LogP contribution in [0.25, 0.3) is 0 Å². The Morgan fingerprint density at radius 1 is 1.25 bits per heavy atom. The molecule has 0 spiro atoms. The van der Waals surface area contributed by atoms with Gasteiger partial charge in [0, 0.05) is 19.1 Å². The maximum absolute atomic E-state index is 10.1. The molecule has 16 heavy (non-hydrogen) atoms. The minimum Gasteiger partial charge on any atom is -0.357 e. The van der Waals surface area contributed by atoms with Crippen LogP contribution in [0.5, 0.6) is 0 Å². The Kier molecular flexibility index (Phi) is 6.26. The topological polar surface area (TPSA) is 41.1 Å². The summed E-state index contributed by atoms with van der Waals surface area (Å²) in [5.41, 5.74) is 1.35. The van der Waals surface area contributed by atoms with Crippen molar-refractivity contribution in [3.05, 3.63) is 35.9 Å². The van der Waals surface area contributed by atoms with E-state index in [-0.39, 0.29) is 0 Å². The Hall–Kier alpha value is -1.35. The zero-order valence-electron chi connectivity index (χ0n) is 9.78. The molecule has 0 saturated heterocycles. The normalized spacial score (nSPS) is 12.1. The summed E-state index contributed by atoms with van der Waals surface area (Å²) in [7, 11) is 0. The van der Waals surface area contributed by atoms with Crippen LogP contribution in [0.4, 0.5) is 0 Å². The number of nitrogens with one attached hydrogen (secondary N) is 2. The van der Waals surface area contributed by atoms with Gasteiger partial charge in [0.15, 0.2) is 0 Å². The lowest BCUT2D eigenvalue weighted by molar-refractivity contribution is -0.109. The molecule has 0 aliphatic carbocycles. The van der Waals surface area contributed by atoms with Gasteiger partial charge in [0.2, 0.25) is 6.41 Å². The molecule has 0 fully saturated rings. The monoisotopic (exact) mass is 220 g/mol. The molecule has 0 aromatic heterocycles. The highest BCUT2D eigenvalue weighted by Crippen LogP contribution is 2.05. The molecule has 1 aromatic carbocycles. The van der Waals surface area contributed by atoms with Crippen LogP contribution in [0, 0.1) is 0 Å². The molecule has 1 aromatic rings. The van der Waals surface area contributed by atoms with Crippen molar-refractivity contribution in [1.82, 2.24) is 10.6 Å². The Balaban J connectivity index is 2.29. The third-order valence-electron chi connectivity index (χ3n) is 2.60. The van der Waals surface area contributed by atoms with Gasteiger partial charge in [-0.25, -0.2) is 0 Å². The standard InChI is InChI=1S/C13H20N2O/c1-2-13(15-9-8-14-11-16)10-12-6-4-3-5-7-12/h3-7,11,13,15H,2,8-10H2,1H3,(H,14,16). The van der Waals surface area contributed by atoms with Crippen molar-refractivity contribution >= 4 is 6.41 Å². The molecule has 0 saturated carbocycles. The van der Waals surface area contributed by atoms with E-state index in [2.05, 4.69) is 41.8 Å². The van der Waals surface area contributed by atoms with Gasteiger partial charge < -0.3 is 10.6 Å². The molecule has 1 atom stereocenters. The van der Waals surface area contributed by atoms with Crippen LogP contribution in [0.2, 0.25) is 0 Å². The first kappa shape index (κ1) is 12.7. The van der Waals surface area contributed by atoms with E-state index >= 15 is 0 Å².